The maximum Gasteiger partial charge on any atom is 0.321 e. The van der Waals surface area contributed by atoms with Crippen LogP contribution in [0.5, 0.6) is 0 Å². The number of nitrogens with one attached hydrogen (secondary N) is 2. The van der Waals surface area contributed by atoms with Gasteiger partial charge in [-0.1, -0.05) is 42.5 Å². The number of carbonyl (C=O) groups excluding carboxylic acids is 3. The summed E-state index contributed by atoms with van der Waals surface area (Å²) in [6, 6.07) is 8.05. The molecule has 1 aromatic carbocycles. The van der Waals surface area contributed by atoms with E-state index >= 15 is 0 Å². The van der Waals surface area contributed by atoms with Gasteiger partial charge in [0.15, 0.2) is 0 Å². The summed E-state index contributed by atoms with van der Waals surface area (Å²) in [6.45, 7) is 2.14. The average Bonchev–Trinajstić information content (AvgIpc) is 3.06. The fourth-order valence-electron chi connectivity index (χ4n) is 2.54. The summed E-state index contributed by atoms with van der Waals surface area (Å²) >= 11 is 0. The van der Waals surface area contributed by atoms with Gasteiger partial charge in [0.25, 0.3) is 5.91 Å². The molecule has 0 fully saturated rings. The van der Waals surface area contributed by atoms with E-state index in [0.717, 1.165) is 12.8 Å². The fraction of sp³-hybridized carbons (Fsp3) is 0.389. The van der Waals surface area contributed by atoms with Gasteiger partial charge in [-0.25, -0.2) is 4.79 Å². The fourth-order valence-corrected chi connectivity index (χ4v) is 2.54. The molecule has 0 radical (unpaired) electrons. The first-order valence-corrected chi connectivity index (χ1v) is 8.10. The van der Waals surface area contributed by atoms with Gasteiger partial charge >= 0.3 is 12.0 Å². The van der Waals surface area contributed by atoms with Crippen molar-refractivity contribution in [3.8, 4) is 0 Å². The largest absolute Gasteiger partial charge is 0.447 e. The number of ether oxygens (including phenoxy) is 1. The number of allylic oxidation sites excluding steroid dienone is 2. The van der Waals surface area contributed by atoms with Crippen LogP contribution in [0, 0.1) is 5.92 Å². The molecule has 1 aliphatic rings. The van der Waals surface area contributed by atoms with Crippen molar-refractivity contribution in [3.63, 3.8) is 0 Å². The van der Waals surface area contributed by atoms with Crippen molar-refractivity contribution in [2.75, 3.05) is 6.54 Å². The second-order valence-corrected chi connectivity index (χ2v) is 5.60. The van der Waals surface area contributed by atoms with Crippen LogP contribution in [0.3, 0.4) is 0 Å². The molecule has 0 aliphatic heterocycles. The van der Waals surface area contributed by atoms with Crippen LogP contribution in [0.4, 0.5) is 4.79 Å². The highest BCUT2D eigenvalue weighted by Gasteiger charge is 2.27. The van der Waals surface area contributed by atoms with Crippen molar-refractivity contribution in [3.05, 3.63) is 48.0 Å². The number of benzene rings is 1. The molecule has 1 aromatic rings. The Labute approximate surface area is 141 Å². The van der Waals surface area contributed by atoms with E-state index in [4.69, 9.17) is 4.74 Å². The molecule has 1 aliphatic carbocycles. The standard InChI is InChI=1S/C18H22N2O4/c1-2-19-18(23)20-17(22)16(14-10-4-3-5-11-14)24-15(21)12-13-8-6-7-9-13/h3-6,8,10-11,13,16H,2,7,9,12H2,1H3,(H2,19,20,22,23)/t13-,16+/m1/s1. The van der Waals surface area contributed by atoms with Crippen LogP contribution in [-0.2, 0) is 14.3 Å². The first-order chi connectivity index (χ1) is 11.6. The predicted octanol–water partition coefficient (Wildman–Crippen LogP) is 2.47. The summed E-state index contributed by atoms with van der Waals surface area (Å²) in [5, 5.41) is 4.67. The lowest BCUT2D eigenvalue weighted by molar-refractivity contribution is -0.156. The molecular weight excluding hydrogens is 308 g/mol. The van der Waals surface area contributed by atoms with Crippen molar-refractivity contribution < 1.29 is 19.1 Å². The number of imide groups is 1. The molecule has 0 spiro atoms. The van der Waals surface area contributed by atoms with Gasteiger partial charge in [0.05, 0.1) is 6.42 Å². The number of urea groups is 1. The molecule has 128 valence electrons. The van der Waals surface area contributed by atoms with Gasteiger partial charge in [-0.15, -0.1) is 0 Å². The third-order valence-corrected chi connectivity index (χ3v) is 3.71. The smallest absolute Gasteiger partial charge is 0.321 e. The van der Waals surface area contributed by atoms with E-state index in [9.17, 15) is 14.4 Å². The zero-order valence-corrected chi connectivity index (χ0v) is 13.7. The Hall–Kier alpha value is -2.63. The van der Waals surface area contributed by atoms with Gasteiger partial charge in [0, 0.05) is 12.1 Å². The van der Waals surface area contributed by atoms with Crippen LogP contribution in [-0.4, -0.2) is 24.5 Å². The van der Waals surface area contributed by atoms with Gasteiger partial charge in [0.2, 0.25) is 6.10 Å². The number of carbonyl (C=O) groups is 3. The van der Waals surface area contributed by atoms with Crippen LogP contribution >= 0.6 is 0 Å². The number of hydrogen-bond acceptors (Lipinski definition) is 4. The van der Waals surface area contributed by atoms with Crippen molar-refractivity contribution in [2.45, 2.75) is 32.3 Å². The van der Waals surface area contributed by atoms with E-state index in [1.165, 1.54) is 0 Å². The molecule has 0 aromatic heterocycles. The van der Waals surface area contributed by atoms with Crippen LogP contribution in [0.1, 0.15) is 37.9 Å². The van der Waals surface area contributed by atoms with Crippen molar-refractivity contribution in [1.82, 2.24) is 10.6 Å². The van der Waals surface area contributed by atoms with Gasteiger partial charge in [-0.05, 0) is 25.7 Å². The Morgan fingerprint density at radius 3 is 2.62 bits per heavy atom. The molecule has 24 heavy (non-hydrogen) atoms. The predicted molar refractivity (Wildman–Crippen MR) is 89.0 cm³/mol. The van der Waals surface area contributed by atoms with Crippen LogP contribution in [0.15, 0.2) is 42.5 Å². The lowest BCUT2D eigenvalue weighted by Crippen LogP contribution is -2.42. The number of hydrogen-bond donors (Lipinski definition) is 2. The van der Waals surface area contributed by atoms with Crippen LogP contribution in [0.25, 0.3) is 0 Å². The van der Waals surface area contributed by atoms with E-state index < -0.39 is 24.0 Å². The Balaban J connectivity index is 2.05. The zero-order valence-electron chi connectivity index (χ0n) is 13.7. The average molecular weight is 330 g/mol. The monoisotopic (exact) mass is 330 g/mol. The summed E-state index contributed by atoms with van der Waals surface area (Å²) in [5.41, 5.74) is 0.523. The first kappa shape index (κ1) is 17.7. The summed E-state index contributed by atoms with van der Waals surface area (Å²) in [6.07, 6.45) is 4.98. The molecular formula is C18H22N2O4. The van der Waals surface area contributed by atoms with Crippen molar-refractivity contribution >= 4 is 17.9 Å². The van der Waals surface area contributed by atoms with E-state index in [2.05, 4.69) is 10.6 Å². The Kier molecular flexibility index (Phi) is 6.54. The third kappa shape index (κ3) is 5.22. The molecule has 0 saturated carbocycles. The van der Waals surface area contributed by atoms with E-state index in [0.29, 0.717) is 12.1 Å². The van der Waals surface area contributed by atoms with Gasteiger partial charge < -0.3 is 10.1 Å². The van der Waals surface area contributed by atoms with Crippen molar-refractivity contribution in [2.24, 2.45) is 5.92 Å². The van der Waals surface area contributed by atoms with Gasteiger partial charge in [0.1, 0.15) is 0 Å². The van der Waals surface area contributed by atoms with Crippen LogP contribution in [0.2, 0.25) is 0 Å². The number of amides is 3. The highest BCUT2D eigenvalue weighted by atomic mass is 16.5. The lowest BCUT2D eigenvalue weighted by atomic mass is 10.1. The molecule has 2 N–H and O–H groups in total. The first-order valence-electron chi connectivity index (χ1n) is 8.10. The van der Waals surface area contributed by atoms with E-state index in [1.807, 2.05) is 12.2 Å². The molecule has 2 atom stereocenters. The van der Waals surface area contributed by atoms with Gasteiger partial charge in [-0.3, -0.25) is 14.9 Å². The quantitative estimate of drug-likeness (QED) is 0.620. The zero-order chi connectivity index (χ0) is 17.4. The molecule has 3 amide bonds. The minimum atomic E-state index is -1.15. The molecule has 0 unspecified atom stereocenters. The minimum Gasteiger partial charge on any atom is -0.447 e. The molecule has 2 rings (SSSR count). The normalized spacial score (nSPS) is 17.1. The Bertz CT molecular complexity index is 613. The van der Waals surface area contributed by atoms with Gasteiger partial charge in [-0.2, -0.15) is 0 Å². The highest BCUT2D eigenvalue weighted by molar-refractivity contribution is 5.97. The topological polar surface area (TPSA) is 84.5 Å². The highest BCUT2D eigenvalue weighted by Crippen LogP contribution is 2.24. The maximum atomic E-state index is 12.3. The van der Waals surface area contributed by atoms with Crippen molar-refractivity contribution in [1.29, 1.82) is 0 Å². The molecule has 0 saturated heterocycles. The van der Waals surface area contributed by atoms with E-state index in [-0.39, 0.29) is 12.3 Å². The second-order valence-electron chi connectivity index (χ2n) is 5.60. The number of esters is 1. The summed E-state index contributed by atoms with van der Waals surface area (Å²) < 4.78 is 5.37. The lowest BCUT2D eigenvalue weighted by Gasteiger charge is -2.18. The third-order valence-electron chi connectivity index (χ3n) is 3.71. The maximum absolute atomic E-state index is 12.3. The minimum absolute atomic E-state index is 0.153. The Morgan fingerprint density at radius 2 is 2.00 bits per heavy atom. The summed E-state index contributed by atoms with van der Waals surface area (Å²) in [4.78, 5) is 36.1. The van der Waals surface area contributed by atoms with Crippen LogP contribution < -0.4 is 10.6 Å². The SMILES string of the molecule is CCNC(=O)NC(=O)[C@@H](OC(=O)C[C@@H]1C=CCC1)c1ccccc1. The Morgan fingerprint density at radius 1 is 1.25 bits per heavy atom. The molecule has 6 heteroatoms. The molecule has 6 nitrogen and oxygen atoms in total. The van der Waals surface area contributed by atoms with E-state index in [1.54, 1.807) is 37.3 Å². The number of rotatable bonds is 6. The molecule has 0 bridgehead atoms. The molecule has 0 heterocycles. The second kappa shape index (κ2) is 8.86. The summed E-state index contributed by atoms with van der Waals surface area (Å²) in [7, 11) is 0. The summed E-state index contributed by atoms with van der Waals surface area (Å²) in [5.74, 6) is -0.964.